The molecule has 2 heterocycles. The van der Waals surface area contributed by atoms with E-state index in [1.54, 1.807) is 44.6 Å². The Morgan fingerprint density at radius 2 is 2.12 bits per heavy atom. The number of rotatable bonds is 10. The van der Waals surface area contributed by atoms with Crippen molar-refractivity contribution in [3.8, 4) is 5.88 Å². The van der Waals surface area contributed by atoms with Crippen molar-refractivity contribution < 1.29 is 19.4 Å². The van der Waals surface area contributed by atoms with Crippen molar-refractivity contribution in [2.75, 3.05) is 13.7 Å². The third-order valence-corrected chi connectivity index (χ3v) is 5.13. The number of esters is 1. The SMILES string of the molecule is CCOC(=O)CC(c1ccc(OC)nc1)c1ncc(CCCC(C)O)s1. The summed E-state index contributed by atoms with van der Waals surface area (Å²) in [5, 5.41) is 10.3. The number of aryl methyl sites for hydroxylation is 1. The first kappa shape index (κ1) is 20.3. The lowest BCUT2D eigenvalue weighted by molar-refractivity contribution is -0.143. The molecule has 2 aromatic heterocycles. The Labute approximate surface area is 158 Å². The number of hydrogen-bond acceptors (Lipinski definition) is 7. The highest BCUT2D eigenvalue weighted by Crippen LogP contribution is 2.32. The zero-order valence-corrected chi connectivity index (χ0v) is 16.3. The second-order valence-electron chi connectivity index (χ2n) is 6.10. The van der Waals surface area contributed by atoms with E-state index in [1.165, 1.54) is 0 Å². The number of nitrogens with zero attached hydrogens (tertiary/aromatic N) is 2. The van der Waals surface area contributed by atoms with Crippen molar-refractivity contribution in [3.05, 3.63) is 40.0 Å². The summed E-state index contributed by atoms with van der Waals surface area (Å²) in [6.07, 6.45) is 6.06. The number of carbonyl (C=O) groups excluding carboxylic acids is 1. The molecule has 26 heavy (non-hydrogen) atoms. The van der Waals surface area contributed by atoms with Crippen LogP contribution in [-0.2, 0) is 16.0 Å². The van der Waals surface area contributed by atoms with Gasteiger partial charge in [0.2, 0.25) is 5.88 Å². The molecule has 0 aliphatic carbocycles. The number of thiazole rings is 1. The van der Waals surface area contributed by atoms with Gasteiger partial charge < -0.3 is 14.6 Å². The highest BCUT2D eigenvalue weighted by Gasteiger charge is 2.23. The van der Waals surface area contributed by atoms with Crippen LogP contribution in [0.15, 0.2) is 24.5 Å². The Kier molecular flexibility index (Phi) is 8.00. The van der Waals surface area contributed by atoms with Gasteiger partial charge >= 0.3 is 5.97 Å². The second kappa shape index (κ2) is 10.2. The Balaban J connectivity index is 2.17. The topological polar surface area (TPSA) is 81.5 Å². The van der Waals surface area contributed by atoms with Gasteiger partial charge in [-0.25, -0.2) is 9.97 Å². The van der Waals surface area contributed by atoms with Crippen LogP contribution >= 0.6 is 11.3 Å². The number of aliphatic hydroxyl groups is 1. The maximum Gasteiger partial charge on any atom is 0.306 e. The maximum atomic E-state index is 12.1. The van der Waals surface area contributed by atoms with Gasteiger partial charge in [-0.05, 0) is 38.7 Å². The molecule has 0 aromatic carbocycles. The molecule has 1 N–H and O–H groups in total. The summed E-state index contributed by atoms with van der Waals surface area (Å²) in [6, 6.07) is 3.69. The van der Waals surface area contributed by atoms with Crippen LogP contribution < -0.4 is 4.74 Å². The fourth-order valence-corrected chi connectivity index (χ4v) is 3.71. The summed E-state index contributed by atoms with van der Waals surface area (Å²) < 4.78 is 10.2. The summed E-state index contributed by atoms with van der Waals surface area (Å²) in [4.78, 5) is 22.0. The molecule has 7 heteroatoms. The standard InChI is InChI=1S/C19H26N2O4S/c1-4-25-18(23)10-16(14-8-9-17(24-3)20-11-14)19-21-12-15(26-19)7-5-6-13(2)22/h8-9,11-13,16,22H,4-7,10H2,1-3H3. The molecule has 2 rings (SSSR count). The Morgan fingerprint density at radius 1 is 1.31 bits per heavy atom. The average molecular weight is 378 g/mol. The van der Waals surface area contributed by atoms with Gasteiger partial charge in [-0.15, -0.1) is 11.3 Å². The lowest BCUT2D eigenvalue weighted by atomic mass is 9.98. The van der Waals surface area contributed by atoms with Gasteiger partial charge in [0, 0.05) is 29.3 Å². The monoisotopic (exact) mass is 378 g/mol. The molecule has 0 radical (unpaired) electrons. The van der Waals surface area contributed by atoms with Gasteiger partial charge in [0.15, 0.2) is 0 Å². The van der Waals surface area contributed by atoms with Crippen LogP contribution in [0.5, 0.6) is 5.88 Å². The predicted octanol–water partition coefficient (Wildman–Crippen LogP) is 3.34. The van der Waals surface area contributed by atoms with Gasteiger partial charge in [-0.3, -0.25) is 4.79 Å². The van der Waals surface area contributed by atoms with E-state index in [4.69, 9.17) is 9.47 Å². The summed E-state index contributed by atoms with van der Waals surface area (Å²) in [7, 11) is 1.57. The fraction of sp³-hybridized carbons (Fsp3) is 0.526. The van der Waals surface area contributed by atoms with Crippen molar-refractivity contribution in [2.45, 2.75) is 51.6 Å². The summed E-state index contributed by atoms with van der Waals surface area (Å²) in [5.41, 5.74) is 0.906. The number of aliphatic hydroxyl groups excluding tert-OH is 1. The first-order chi connectivity index (χ1) is 12.5. The van der Waals surface area contributed by atoms with E-state index in [9.17, 15) is 9.90 Å². The van der Waals surface area contributed by atoms with Crippen LogP contribution in [0, 0.1) is 0 Å². The molecule has 0 bridgehead atoms. The molecule has 0 saturated heterocycles. The number of methoxy groups -OCH3 is 1. The van der Waals surface area contributed by atoms with Crippen LogP contribution in [0.2, 0.25) is 0 Å². The molecule has 2 aromatic rings. The molecule has 0 saturated carbocycles. The zero-order chi connectivity index (χ0) is 18.9. The summed E-state index contributed by atoms with van der Waals surface area (Å²) in [5.74, 6) is 0.0868. The minimum atomic E-state index is -0.288. The van der Waals surface area contributed by atoms with Gasteiger partial charge in [0.1, 0.15) is 5.01 Å². The molecular weight excluding hydrogens is 352 g/mol. The lowest BCUT2D eigenvalue weighted by Crippen LogP contribution is -2.11. The van der Waals surface area contributed by atoms with E-state index in [0.717, 1.165) is 34.7 Å². The van der Waals surface area contributed by atoms with Gasteiger partial charge in [0.25, 0.3) is 0 Å². The van der Waals surface area contributed by atoms with Crippen LogP contribution in [0.3, 0.4) is 0 Å². The molecule has 142 valence electrons. The van der Waals surface area contributed by atoms with E-state index < -0.39 is 0 Å². The highest BCUT2D eigenvalue weighted by molar-refractivity contribution is 7.11. The van der Waals surface area contributed by atoms with E-state index in [0.29, 0.717) is 12.5 Å². The number of pyridine rings is 1. The maximum absolute atomic E-state index is 12.1. The second-order valence-corrected chi connectivity index (χ2v) is 7.25. The van der Waals surface area contributed by atoms with Crippen molar-refractivity contribution in [1.29, 1.82) is 0 Å². The number of aromatic nitrogens is 2. The summed E-state index contributed by atoms with van der Waals surface area (Å²) >= 11 is 1.60. The van der Waals surface area contributed by atoms with E-state index in [-0.39, 0.29) is 24.4 Å². The Morgan fingerprint density at radius 3 is 2.73 bits per heavy atom. The van der Waals surface area contributed by atoms with Gasteiger partial charge in [-0.1, -0.05) is 6.07 Å². The van der Waals surface area contributed by atoms with Crippen molar-refractivity contribution in [2.24, 2.45) is 0 Å². The van der Waals surface area contributed by atoms with Crippen LogP contribution in [0.4, 0.5) is 0 Å². The van der Waals surface area contributed by atoms with E-state index >= 15 is 0 Å². The molecule has 6 nitrogen and oxygen atoms in total. The van der Waals surface area contributed by atoms with Crippen LogP contribution in [-0.4, -0.2) is 40.9 Å². The smallest absolute Gasteiger partial charge is 0.306 e. The molecule has 0 spiro atoms. The van der Waals surface area contributed by atoms with Gasteiger partial charge in [0.05, 0.1) is 26.2 Å². The predicted molar refractivity (Wildman–Crippen MR) is 101 cm³/mol. The number of hydrogen-bond donors (Lipinski definition) is 1. The van der Waals surface area contributed by atoms with Crippen molar-refractivity contribution >= 4 is 17.3 Å². The normalized spacial score (nSPS) is 13.2. The van der Waals surface area contributed by atoms with Gasteiger partial charge in [-0.2, -0.15) is 0 Å². The van der Waals surface area contributed by atoms with Crippen molar-refractivity contribution in [1.82, 2.24) is 9.97 Å². The first-order valence-electron chi connectivity index (χ1n) is 8.81. The third-order valence-electron chi connectivity index (χ3n) is 3.96. The van der Waals surface area contributed by atoms with Crippen LogP contribution in [0.1, 0.15) is 54.5 Å². The molecule has 0 aliphatic heterocycles. The zero-order valence-electron chi connectivity index (χ0n) is 15.5. The van der Waals surface area contributed by atoms with E-state index in [2.05, 4.69) is 9.97 Å². The van der Waals surface area contributed by atoms with Crippen LogP contribution in [0.25, 0.3) is 0 Å². The molecule has 0 aliphatic rings. The summed E-state index contributed by atoms with van der Waals surface area (Å²) in [6.45, 7) is 3.95. The fourth-order valence-electron chi connectivity index (χ4n) is 2.62. The minimum absolute atomic E-state index is 0.192. The lowest BCUT2D eigenvalue weighted by Gasteiger charge is -2.14. The Bertz CT molecular complexity index is 685. The molecule has 2 atom stereocenters. The minimum Gasteiger partial charge on any atom is -0.481 e. The number of ether oxygens (including phenoxy) is 2. The quantitative estimate of drug-likeness (QED) is 0.639. The molecule has 0 fully saturated rings. The Hall–Kier alpha value is -1.99. The molecular formula is C19H26N2O4S. The van der Waals surface area contributed by atoms with Crippen molar-refractivity contribution in [3.63, 3.8) is 0 Å². The molecule has 0 amide bonds. The third kappa shape index (κ3) is 6.07. The average Bonchev–Trinajstić information content (AvgIpc) is 3.08. The first-order valence-corrected chi connectivity index (χ1v) is 9.63. The number of carbonyl (C=O) groups is 1. The van der Waals surface area contributed by atoms with E-state index in [1.807, 2.05) is 12.3 Å². The largest absolute Gasteiger partial charge is 0.481 e. The molecule has 2 unspecified atom stereocenters. The highest BCUT2D eigenvalue weighted by atomic mass is 32.1.